The van der Waals surface area contributed by atoms with E-state index in [1.54, 1.807) is 0 Å². The molecular formula is C19H39N. The Morgan fingerprint density at radius 1 is 1.05 bits per heavy atom. The molecule has 0 heterocycles. The van der Waals surface area contributed by atoms with Gasteiger partial charge in [0.25, 0.3) is 0 Å². The summed E-state index contributed by atoms with van der Waals surface area (Å²) in [7, 11) is 0. The third-order valence-corrected chi connectivity index (χ3v) is 5.75. The van der Waals surface area contributed by atoms with E-state index in [0.717, 1.165) is 17.8 Å². The highest BCUT2D eigenvalue weighted by atomic mass is 14.7. The third kappa shape index (κ3) is 5.76. The van der Waals surface area contributed by atoms with Crippen molar-refractivity contribution in [3.8, 4) is 0 Å². The first kappa shape index (κ1) is 18.0. The largest absolute Gasteiger partial charge is 0.327 e. The van der Waals surface area contributed by atoms with Gasteiger partial charge in [0, 0.05) is 6.04 Å². The molecule has 2 atom stereocenters. The Balaban J connectivity index is 2.36. The molecule has 0 aromatic rings. The quantitative estimate of drug-likeness (QED) is 0.629. The van der Waals surface area contributed by atoms with Crippen molar-refractivity contribution in [3.63, 3.8) is 0 Å². The molecule has 0 spiro atoms. The average Bonchev–Trinajstić information content (AvgIpc) is 2.42. The van der Waals surface area contributed by atoms with Crippen LogP contribution in [0, 0.1) is 23.2 Å². The van der Waals surface area contributed by atoms with Crippen molar-refractivity contribution in [1.82, 2.24) is 0 Å². The topological polar surface area (TPSA) is 26.0 Å². The predicted molar refractivity (Wildman–Crippen MR) is 90.8 cm³/mol. The zero-order valence-electron chi connectivity index (χ0n) is 14.8. The van der Waals surface area contributed by atoms with Gasteiger partial charge in [0.1, 0.15) is 0 Å². The van der Waals surface area contributed by atoms with Crippen LogP contribution in [-0.2, 0) is 0 Å². The summed E-state index contributed by atoms with van der Waals surface area (Å²) in [6.07, 6.45) is 12.2. The molecule has 0 aromatic carbocycles. The Kier molecular flexibility index (Phi) is 7.58. The maximum Gasteiger partial charge on any atom is 0.00698 e. The van der Waals surface area contributed by atoms with Crippen LogP contribution in [0.15, 0.2) is 0 Å². The lowest BCUT2D eigenvalue weighted by molar-refractivity contribution is 0.133. The molecule has 1 heteroatoms. The molecule has 1 aliphatic carbocycles. The van der Waals surface area contributed by atoms with Gasteiger partial charge in [0.2, 0.25) is 0 Å². The summed E-state index contributed by atoms with van der Waals surface area (Å²) in [5.74, 6) is 2.57. The highest BCUT2D eigenvalue weighted by molar-refractivity contribution is 4.85. The maximum atomic E-state index is 6.55. The van der Waals surface area contributed by atoms with Crippen LogP contribution in [0.5, 0.6) is 0 Å². The van der Waals surface area contributed by atoms with Crippen LogP contribution in [0.1, 0.15) is 92.4 Å². The van der Waals surface area contributed by atoms with Crippen LogP contribution >= 0.6 is 0 Å². The van der Waals surface area contributed by atoms with E-state index in [0.29, 0.717) is 11.5 Å². The van der Waals surface area contributed by atoms with Crippen molar-refractivity contribution in [1.29, 1.82) is 0 Å². The van der Waals surface area contributed by atoms with E-state index in [9.17, 15) is 0 Å². The van der Waals surface area contributed by atoms with E-state index in [2.05, 4.69) is 34.6 Å². The number of hydrogen-bond donors (Lipinski definition) is 1. The highest BCUT2D eigenvalue weighted by Crippen LogP contribution is 2.41. The molecule has 120 valence electrons. The van der Waals surface area contributed by atoms with Crippen molar-refractivity contribution in [2.45, 2.75) is 98.4 Å². The molecule has 1 saturated carbocycles. The minimum atomic E-state index is 0.456. The lowest BCUT2D eigenvalue weighted by atomic mass is 9.68. The molecule has 20 heavy (non-hydrogen) atoms. The molecule has 1 nitrogen and oxygen atoms in total. The Hall–Kier alpha value is -0.0400. The van der Waals surface area contributed by atoms with Crippen molar-refractivity contribution in [2.75, 3.05) is 0 Å². The van der Waals surface area contributed by atoms with Crippen LogP contribution < -0.4 is 5.73 Å². The first-order chi connectivity index (χ1) is 9.38. The SMILES string of the molecule is CCCCC(CC)CC(N)C1CCC(C(C)(C)C)CC1. The monoisotopic (exact) mass is 281 g/mol. The van der Waals surface area contributed by atoms with E-state index < -0.39 is 0 Å². The van der Waals surface area contributed by atoms with E-state index in [1.807, 2.05) is 0 Å². The average molecular weight is 282 g/mol. The Morgan fingerprint density at radius 3 is 2.10 bits per heavy atom. The molecular weight excluding hydrogens is 242 g/mol. The second-order valence-electron chi connectivity index (χ2n) is 8.29. The van der Waals surface area contributed by atoms with Crippen LogP contribution in [0.4, 0.5) is 0 Å². The highest BCUT2D eigenvalue weighted by Gasteiger charge is 2.32. The maximum absolute atomic E-state index is 6.55. The molecule has 1 fully saturated rings. The number of hydrogen-bond acceptors (Lipinski definition) is 1. The summed E-state index contributed by atoms with van der Waals surface area (Å²) in [5, 5.41) is 0. The van der Waals surface area contributed by atoms with E-state index >= 15 is 0 Å². The molecule has 0 saturated heterocycles. The Labute approximate surface area is 128 Å². The lowest BCUT2D eigenvalue weighted by Gasteiger charge is -2.39. The summed E-state index contributed by atoms with van der Waals surface area (Å²) in [6.45, 7) is 11.8. The molecule has 1 aliphatic rings. The molecule has 1 rings (SSSR count). The fourth-order valence-electron chi connectivity index (χ4n) is 3.97. The van der Waals surface area contributed by atoms with Crippen LogP contribution in [-0.4, -0.2) is 6.04 Å². The van der Waals surface area contributed by atoms with Crippen molar-refractivity contribution in [3.05, 3.63) is 0 Å². The first-order valence-corrected chi connectivity index (χ1v) is 9.14. The van der Waals surface area contributed by atoms with Crippen molar-refractivity contribution < 1.29 is 0 Å². The summed E-state index contributed by atoms with van der Waals surface area (Å²) in [6, 6.07) is 0.456. The van der Waals surface area contributed by atoms with Gasteiger partial charge in [-0.2, -0.15) is 0 Å². The van der Waals surface area contributed by atoms with Gasteiger partial charge in [-0.25, -0.2) is 0 Å². The minimum absolute atomic E-state index is 0.456. The zero-order chi connectivity index (χ0) is 15.2. The van der Waals surface area contributed by atoms with Gasteiger partial charge in [-0.3, -0.25) is 0 Å². The summed E-state index contributed by atoms with van der Waals surface area (Å²) in [5.41, 5.74) is 7.04. The minimum Gasteiger partial charge on any atom is -0.327 e. The summed E-state index contributed by atoms with van der Waals surface area (Å²) >= 11 is 0. The third-order valence-electron chi connectivity index (χ3n) is 5.75. The van der Waals surface area contributed by atoms with E-state index in [-0.39, 0.29) is 0 Å². The van der Waals surface area contributed by atoms with Crippen LogP contribution in [0.2, 0.25) is 0 Å². The van der Waals surface area contributed by atoms with E-state index in [1.165, 1.54) is 57.8 Å². The van der Waals surface area contributed by atoms with Crippen molar-refractivity contribution >= 4 is 0 Å². The fraction of sp³-hybridized carbons (Fsp3) is 1.00. The van der Waals surface area contributed by atoms with Gasteiger partial charge in [-0.05, 0) is 55.3 Å². The van der Waals surface area contributed by atoms with E-state index in [4.69, 9.17) is 5.73 Å². The Bertz CT molecular complexity index is 245. The summed E-state index contributed by atoms with van der Waals surface area (Å²) < 4.78 is 0. The number of rotatable bonds is 7. The second-order valence-corrected chi connectivity index (χ2v) is 8.29. The molecule has 0 amide bonds. The Morgan fingerprint density at radius 2 is 1.65 bits per heavy atom. The molecule has 2 unspecified atom stereocenters. The lowest BCUT2D eigenvalue weighted by Crippen LogP contribution is -2.36. The van der Waals surface area contributed by atoms with Gasteiger partial charge >= 0.3 is 0 Å². The predicted octanol–water partition coefficient (Wildman–Crippen LogP) is 5.77. The number of nitrogens with two attached hydrogens (primary N) is 1. The van der Waals surface area contributed by atoms with Crippen LogP contribution in [0.25, 0.3) is 0 Å². The van der Waals surface area contributed by atoms with Crippen molar-refractivity contribution in [2.24, 2.45) is 28.9 Å². The summed E-state index contributed by atoms with van der Waals surface area (Å²) in [4.78, 5) is 0. The fourth-order valence-corrected chi connectivity index (χ4v) is 3.97. The normalized spacial score (nSPS) is 27.3. The zero-order valence-corrected chi connectivity index (χ0v) is 14.8. The first-order valence-electron chi connectivity index (χ1n) is 9.14. The molecule has 0 radical (unpaired) electrons. The van der Waals surface area contributed by atoms with Crippen LogP contribution in [0.3, 0.4) is 0 Å². The van der Waals surface area contributed by atoms with Gasteiger partial charge in [0.05, 0.1) is 0 Å². The smallest absolute Gasteiger partial charge is 0.00698 e. The molecule has 0 aromatic heterocycles. The molecule has 0 bridgehead atoms. The molecule has 0 aliphatic heterocycles. The standard InChI is InChI=1S/C19H39N/c1-6-8-9-15(7-2)14-18(20)16-10-12-17(13-11-16)19(3,4)5/h15-18H,6-14,20H2,1-5H3. The number of unbranched alkanes of at least 4 members (excludes halogenated alkanes) is 1. The van der Waals surface area contributed by atoms with Gasteiger partial charge in [0.15, 0.2) is 0 Å². The second kappa shape index (κ2) is 8.41. The molecule has 2 N–H and O–H groups in total. The van der Waals surface area contributed by atoms with Gasteiger partial charge in [-0.15, -0.1) is 0 Å². The van der Waals surface area contributed by atoms with Gasteiger partial charge in [-0.1, -0.05) is 60.3 Å². The van der Waals surface area contributed by atoms with Gasteiger partial charge < -0.3 is 5.73 Å².